The van der Waals surface area contributed by atoms with Crippen LogP contribution in [0.3, 0.4) is 0 Å². The minimum absolute atomic E-state index is 0.152. The summed E-state index contributed by atoms with van der Waals surface area (Å²) in [6.45, 7) is 0. The molecule has 0 aromatic heterocycles. The maximum Gasteiger partial charge on any atom is 0.236 e. The maximum atomic E-state index is 12.4. The molecule has 1 spiro atoms. The lowest BCUT2D eigenvalue weighted by Gasteiger charge is -2.08. The average molecular weight is 346 g/mol. The van der Waals surface area contributed by atoms with E-state index in [0.717, 1.165) is 22.1 Å². The van der Waals surface area contributed by atoms with Gasteiger partial charge in [0.15, 0.2) is 0 Å². The Labute approximate surface area is 130 Å². The van der Waals surface area contributed by atoms with E-state index < -0.39 is 0 Å². The molecule has 1 fully saturated rings. The van der Waals surface area contributed by atoms with Crippen molar-refractivity contribution in [1.82, 2.24) is 0 Å². The topological polar surface area (TPSA) is 29.1 Å². The fourth-order valence-electron chi connectivity index (χ4n) is 2.91. The molecule has 0 bridgehead atoms. The van der Waals surface area contributed by atoms with E-state index in [1.165, 1.54) is 4.90 Å². The Morgan fingerprint density at radius 3 is 2.80 bits per heavy atom. The van der Waals surface area contributed by atoms with Gasteiger partial charge in [-0.2, -0.15) is 0 Å². The molecule has 2 aromatic rings. The number of hydrogen-bond donors (Lipinski definition) is 1. The third-order valence-corrected chi connectivity index (χ3v) is 5.93. The van der Waals surface area contributed by atoms with Crippen LogP contribution in [0.2, 0.25) is 0 Å². The first-order valence-electron chi connectivity index (χ1n) is 6.53. The summed E-state index contributed by atoms with van der Waals surface area (Å²) in [5.74, 6) is 0.152. The molecular formula is C16H12BrNOS. The summed E-state index contributed by atoms with van der Waals surface area (Å²) in [4.78, 5) is 13.6. The highest BCUT2D eigenvalue weighted by molar-refractivity contribution is 9.10. The fourth-order valence-corrected chi connectivity index (χ4v) is 4.70. The third-order valence-electron chi connectivity index (χ3n) is 4.03. The lowest BCUT2D eigenvalue weighted by Crippen LogP contribution is -2.22. The first kappa shape index (κ1) is 12.5. The molecule has 4 rings (SSSR count). The Balaban J connectivity index is 1.67. The van der Waals surface area contributed by atoms with Crippen molar-refractivity contribution in [3.63, 3.8) is 0 Å². The second kappa shape index (κ2) is 4.37. The number of amides is 1. The number of anilines is 1. The smallest absolute Gasteiger partial charge is 0.236 e. The average Bonchev–Trinajstić information content (AvgIpc) is 3.10. The van der Waals surface area contributed by atoms with Crippen molar-refractivity contribution < 1.29 is 4.79 Å². The van der Waals surface area contributed by atoms with Gasteiger partial charge in [-0.15, -0.1) is 11.8 Å². The van der Waals surface area contributed by atoms with Crippen LogP contribution in [-0.2, 0) is 10.2 Å². The molecule has 0 saturated heterocycles. The molecule has 2 aromatic carbocycles. The van der Waals surface area contributed by atoms with E-state index in [4.69, 9.17) is 0 Å². The minimum Gasteiger partial charge on any atom is -0.325 e. The van der Waals surface area contributed by atoms with Crippen molar-refractivity contribution in [2.75, 3.05) is 5.32 Å². The third kappa shape index (κ3) is 1.75. The van der Waals surface area contributed by atoms with Crippen LogP contribution in [0.4, 0.5) is 5.69 Å². The second-order valence-electron chi connectivity index (χ2n) is 5.24. The minimum atomic E-state index is -0.320. The van der Waals surface area contributed by atoms with Crippen LogP contribution in [0.15, 0.2) is 57.9 Å². The zero-order valence-electron chi connectivity index (χ0n) is 10.6. The highest BCUT2D eigenvalue weighted by atomic mass is 79.9. The number of fused-ring (bicyclic) bond motifs is 2. The van der Waals surface area contributed by atoms with Gasteiger partial charge in [0.05, 0.1) is 5.41 Å². The Kier molecular flexibility index (Phi) is 2.72. The van der Waals surface area contributed by atoms with E-state index in [1.807, 2.05) is 30.3 Å². The summed E-state index contributed by atoms with van der Waals surface area (Å²) in [5, 5.41) is 3.35. The summed E-state index contributed by atoms with van der Waals surface area (Å²) in [7, 11) is 0. The van der Waals surface area contributed by atoms with Crippen molar-refractivity contribution in [2.24, 2.45) is 0 Å². The quantitative estimate of drug-likeness (QED) is 0.883. The van der Waals surface area contributed by atoms with Crippen molar-refractivity contribution >= 4 is 39.3 Å². The summed E-state index contributed by atoms with van der Waals surface area (Å²) in [6.07, 6.45) is 0.918. The van der Waals surface area contributed by atoms with E-state index in [-0.39, 0.29) is 11.3 Å². The fraction of sp³-hybridized carbons (Fsp3) is 0.188. The molecule has 1 amide bonds. The number of hydrogen-bond acceptors (Lipinski definition) is 2. The van der Waals surface area contributed by atoms with Gasteiger partial charge in [-0.05, 0) is 42.3 Å². The molecule has 1 aliphatic heterocycles. The Bertz CT molecular complexity index is 703. The number of thioether (sulfide) groups is 1. The zero-order chi connectivity index (χ0) is 13.7. The van der Waals surface area contributed by atoms with E-state index >= 15 is 0 Å². The molecule has 0 radical (unpaired) electrons. The second-order valence-corrected chi connectivity index (χ2v) is 7.43. The molecule has 1 saturated carbocycles. The summed E-state index contributed by atoms with van der Waals surface area (Å²) in [6, 6.07) is 16.3. The lowest BCUT2D eigenvalue weighted by atomic mass is 9.98. The van der Waals surface area contributed by atoms with Gasteiger partial charge in [0, 0.05) is 20.3 Å². The predicted octanol–water partition coefficient (Wildman–Crippen LogP) is 4.20. The van der Waals surface area contributed by atoms with Gasteiger partial charge in [0.2, 0.25) is 5.91 Å². The SMILES string of the molecule is O=C1Nc2ccc(Br)cc2C12CC2Sc1ccccc1. The summed E-state index contributed by atoms with van der Waals surface area (Å²) < 4.78 is 1.03. The highest BCUT2D eigenvalue weighted by Gasteiger charge is 2.65. The van der Waals surface area contributed by atoms with E-state index in [0.29, 0.717) is 5.25 Å². The van der Waals surface area contributed by atoms with Crippen molar-refractivity contribution in [1.29, 1.82) is 0 Å². The van der Waals surface area contributed by atoms with Crippen LogP contribution >= 0.6 is 27.7 Å². The van der Waals surface area contributed by atoms with Gasteiger partial charge in [0.1, 0.15) is 0 Å². The Morgan fingerprint density at radius 1 is 1.20 bits per heavy atom. The Hall–Kier alpha value is -1.26. The maximum absolute atomic E-state index is 12.4. The van der Waals surface area contributed by atoms with E-state index in [1.54, 1.807) is 11.8 Å². The summed E-state index contributed by atoms with van der Waals surface area (Å²) >= 11 is 5.31. The predicted molar refractivity (Wildman–Crippen MR) is 85.2 cm³/mol. The number of carbonyl (C=O) groups excluding carboxylic acids is 1. The molecule has 1 N–H and O–H groups in total. The molecule has 2 unspecified atom stereocenters. The van der Waals surface area contributed by atoms with Gasteiger partial charge in [-0.3, -0.25) is 4.79 Å². The highest BCUT2D eigenvalue weighted by Crippen LogP contribution is 2.62. The van der Waals surface area contributed by atoms with Crippen molar-refractivity contribution in [3.05, 3.63) is 58.6 Å². The van der Waals surface area contributed by atoms with Gasteiger partial charge in [-0.25, -0.2) is 0 Å². The molecule has 2 nitrogen and oxygen atoms in total. The largest absolute Gasteiger partial charge is 0.325 e. The lowest BCUT2D eigenvalue weighted by molar-refractivity contribution is -0.117. The van der Waals surface area contributed by atoms with Crippen molar-refractivity contribution in [2.45, 2.75) is 22.0 Å². The first-order valence-corrected chi connectivity index (χ1v) is 8.20. The molecule has 100 valence electrons. The first-order chi connectivity index (χ1) is 9.70. The molecule has 4 heteroatoms. The normalized spacial score (nSPS) is 26.4. The number of halogens is 1. The van der Waals surface area contributed by atoms with Gasteiger partial charge >= 0.3 is 0 Å². The van der Waals surface area contributed by atoms with Crippen LogP contribution in [0, 0.1) is 0 Å². The molecular weight excluding hydrogens is 334 g/mol. The Morgan fingerprint density at radius 2 is 2.00 bits per heavy atom. The monoisotopic (exact) mass is 345 g/mol. The van der Waals surface area contributed by atoms with Crippen LogP contribution < -0.4 is 5.32 Å². The van der Waals surface area contributed by atoms with Crippen LogP contribution in [-0.4, -0.2) is 11.2 Å². The number of rotatable bonds is 2. The number of nitrogens with one attached hydrogen (secondary N) is 1. The molecule has 20 heavy (non-hydrogen) atoms. The number of benzene rings is 2. The van der Waals surface area contributed by atoms with Gasteiger partial charge in [0.25, 0.3) is 0 Å². The van der Waals surface area contributed by atoms with Crippen LogP contribution in [0.25, 0.3) is 0 Å². The van der Waals surface area contributed by atoms with Crippen LogP contribution in [0.5, 0.6) is 0 Å². The molecule has 2 aliphatic rings. The molecule has 1 aliphatic carbocycles. The van der Waals surface area contributed by atoms with Gasteiger partial charge < -0.3 is 5.32 Å². The van der Waals surface area contributed by atoms with E-state index in [9.17, 15) is 4.79 Å². The molecule has 1 heterocycles. The zero-order valence-corrected chi connectivity index (χ0v) is 13.0. The van der Waals surface area contributed by atoms with Crippen molar-refractivity contribution in [3.8, 4) is 0 Å². The number of carbonyl (C=O) groups is 1. The van der Waals surface area contributed by atoms with E-state index in [2.05, 4.69) is 39.4 Å². The van der Waals surface area contributed by atoms with Gasteiger partial charge in [-0.1, -0.05) is 34.1 Å². The standard InChI is InChI=1S/C16H12BrNOS/c17-10-6-7-13-12(8-10)16(15(19)18-13)9-14(16)20-11-4-2-1-3-5-11/h1-8,14H,9H2,(H,18,19). The summed E-state index contributed by atoms with van der Waals surface area (Å²) in [5.41, 5.74) is 1.79. The molecule has 2 atom stereocenters. The van der Waals surface area contributed by atoms with Crippen LogP contribution in [0.1, 0.15) is 12.0 Å².